The van der Waals surface area contributed by atoms with E-state index in [0.29, 0.717) is 12.4 Å². The molecule has 3 heteroatoms. The van der Waals surface area contributed by atoms with Gasteiger partial charge in [-0.2, -0.15) is 0 Å². The maximum Gasteiger partial charge on any atom is 0.189 e. The van der Waals surface area contributed by atoms with Gasteiger partial charge in [0.15, 0.2) is 12.6 Å². The summed E-state index contributed by atoms with van der Waals surface area (Å²) in [7, 11) is 0. The Hall–Kier alpha value is -0.700. The van der Waals surface area contributed by atoms with E-state index in [1.165, 1.54) is 0 Å². The monoisotopic (exact) mass is 102 g/mol. The van der Waals surface area contributed by atoms with Crippen molar-refractivity contribution in [2.75, 3.05) is 13.4 Å². The van der Waals surface area contributed by atoms with Crippen LogP contribution in [0.5, 0.6) is 0 Å². The van der Waals surface area contributed by atoms with E-state index < -0.39 is 0 Å². The smallest absolute Gasteiger partial charge is 0.189 e. The molecular formula is C4H6O3. The number of aliphatic hydroxyl groups is 1. The van der Waals surface area contributed by atoms with Gasteiger partial charge in [-0.1, -0.05) is 0 Å². The fraction of sp³-hybridized carbons (Fsp3) is 0.500. The van der Waals surface area contributed by atoms with Crippen molar-refractivity contribution >= 4 is 0 Å². The van der Waals surface area contributed by atoms with Crippen LogP contribution in [0.15, 0.2) is 12.0 Å². The molecule has 0 atom stereocenters. The molecule has 1 aliphatic rings. The number of hydrogen-bond donors (Lipinski definition) is 1. The second-order valence-electron chi connectivity index (χ2n) is 1.21. The Morgan fingerprint density at radius 3 is 2.86 bits per heavy atom. The molecule has 40 valence electrons. The molecule has 0 spiro atoms. The lowest BCUT2D eigenvalue weighted by atomic mass is 10.6. The number of hydrogen-bond acceptors (Lipinski definition) is 3. The molecule has 3 nitrogen and oxygen atoms in total. The minimum absolute atomic E-state index is 0.270. The lowest BCUT2D eigenvalue weighted by Gasteiger charge is -1.86. The van der Waals surface area contributed by atoms with Gasteiger partial charge in [-0.05, 0) is 0 Å². The van der Waals surface area contributed by atoms with Gasteiger partial charge >= 0.3 is 0 Å². The van der Waals surface area contributed by atoms with Gasteiger partial charge in [-0.3, -0.25) is 0 Å². The van der Waals surface area contributed by atoms with E-state index in [0.717, 1.165) is 6.26 Å². The van der Waals surface area contributed by atoms with Crippen LogP contribution in [0.3, 0.4) is 0 Å². The topological polar surface area (TPSA) is 38.7 Å². The molecule has 1 aliphatic heterocycles. The fourth-order valence-corrected chi connectivity index (χ4v) is 0.376. The molecule has 0 saturated carbocycles. The van der Waals surface area contributed by atoms with Gasteiger partial charge in [-0.15, -0.1) is 0 Å². The van der Waals surface area contributed by atoms with Crippen LogP contribution in [0.4, 0.5) is 0 Å². The summed E-state index contributed by atoms with van der Waals surface area (Å²) in [6, 6.07) is 0. The van der Waals surface area contributed by atoms with E-state index in [9.17, 15) is 0 Å². The van der Waals surface area contributed by atoms with E-state index in [-0.39, 0.29) is 6.79 Å². The molecule has 1 saturated heterocycles. The highest BCUT2D eigenvalue weighted by molar-refractivity contribution is 4.87. The minimum atomic E-state index is 0.270. The van der Waals surface area contributed by atoms with Gasteiger partial charge < -0.3 is 14.6 Å². The van der Waals surface area contributed by atoms with Crippen LogP contribution in [0, 0.1) is 0 Å². The third-order valence-corrected chi connectivity index (χ3v) is 0.716. The third-order valence-electron chi connectivity index (χ3n) is 0.716. The summed E-state index contributed by atoms with van der Waals surface area (Å²) in [5.41, 5.74) is 0. The molecule has 0 aromatic heterocycles. The highest BCUT2D eigenvalue weighted by Gasteiger charge is 2.05. The lowest BCUT2D eigenvalue weighted by Crippen LogP contribution is -1.80. The average molecular weight is 102 g/mol. The standard InChI is InChI=1S/C4H6O3/c5-1-4-2-6-3-7-4/h1,5H,2-3H2/b4-1+. The van der Waals surface area contributed by atoms with E-state index >= 15 is 0 Å². The Kier molecular flexibility index (Phi) is 1.17. The second-order valence-corrected chi connectivity index (χ2v) is 1.21. The van der Waals surface area contributed by atoms with Gasteiger partial charge in [-0.25, -0.2) is 0 Å². The molecule has 1 heterocycles. The van der Waals surface area contributed by atoms with Crippen molar-refractivity contribution in [3.63, 3.8) is 0 Å². The summed E-state index contributed by atoms with van der Waals surface area (Å²) in [5.74, 6) is 0.500. The van der Waals surface area contributed by atoms with Crippen molar-refractivity contribution in [3.05, 3.63) is 12.0 Å². The highest BCUT2D eigenvalue weighted by atomic mass is 16.7. The van der Waals surface area contributed by atoms with Crippen LogP contribution in [0.1, 0.15) is 0 Å². The molecule has 0 radical (unpaired) electrons. The largest absolute Gasteiger partial charge is 0.512 e. The zero-order valence-electron chi connectivity index (χ0n) is 3.76. The van der Waals surface area contributed by atoms with E-state index in [2.05, 4.69) is 0 Å². The Labute approximate surface area is 41.2 Å². The van der Waals surface area contributed by atoms with Gasteiger partial charge in [0.05, 0.1) is 0 Å². The molecule has 1 N–H and O–H groups in total. The third kappa shape index (κ3) is 0.838. The van der Waals surface area contributed by atoms with Gasteiger partial charge in [0.1, 0.15) is 12.9 Å². The van der Waals surface area contributed by atoms with Crippen molar-refractivity contribution in [3.8, 4) is 0 Å². The summed E-state index contributed by atoms with van der Waals surface area (Å²) >= 11 is 0. The van der Waals surface area contributed by atoms with Crippen LogP contribution in [0.2, 0.25) is 0 Å². The van der Waals surface area contributed by atoms with Crippen molar-refractivity contribution in [1.82, 2.24) is 0 Å². The molecular weight excluding hydrogens is 96.0 g/mol. The number of rotatable bonds is 0. The zero-order valence-corrected chi connectivity index (χ0v) is 3.76. The van der Waals surface area contributed by atoms with E-state index in [1.54, 1.807) is 0 Å². The molecule has 1 rings (SSSR count). The van der Waals surface area contributed by atoms with Crippen molar-refractivity contribution < 1.29 is 14.6 Å². The maximum atomic E-state index is 8.20. The number of ether oxygens (including phenoxy) is 2. The predicted octanol–water partition coefficient (Wildman–Crippen LogP) is 0.390. The first kappa shape index (κ1) is 4.46. The van der Waals surface area contributed by atoms with Crippen molar-refractivity contribution in [1.29, 1.82) is 0 Å². The van der Waals surface area contributed by atoms with Crippen LogP contribution < -0.4 is 0 Å². The molecule has 0 amide bonds. The molecule has 0 unspecified atom stereocenters. The van der Waals surface area contributed by atoms with Crippen LogP contribution in [-0.4, -0.2) is 18.5 Å². The average Bonchev–Trinajstić information content (AvgIpc) is 2.14. The number of aliphatic hydroxyl groups excluding tert-OH is 1. The first-order chi connectivity index (χ1) is 3.43. The van der Waals surface area contributed by atoms with Gasteiger partial charge in [0, 0.05) is 0 Å². The normalized spacial score (nSPS) is 25.4. The maximum absolute atomic E-state index is 8.20. The van der Waals surface area contributed by atoms with Crippen molar-refractivity contribution in [2.45, 2.75) is 0 Å². The summed E-state index contributed by atoms with van der Waals surface area (Å²) in [5, 5.41) is 8.20. The molecule has 0 aromatic rings. The summed E-state index contributed by atoms with van der Waals surface area (Å²) in [6.07, 6.45) is 0.910. The first-order valence-corrected chi connectivity index (χ1v) is 1.97. The summed E-state index contributed by atoms with van der Waals surface area (Å²) in [6.45, 7) is 0.670. The Balaban J connectivity index is 2.41. The molecule has 0 bridgehead atoms. The molecule has 0 aliphatic carbocycles. The fourth-order valence-electron chi connectivity index (χ4n) is 0.376. The summed E-state index contributed by atoms with van der Waals surface area (Å²) in [4.78, 5) is 0. The quantitative estimate of drug-likeness (QED) is 0.449. The Morgan fingerprint density at radius 2 is 2.57 bits per heavy atom. The molecule has 0 aromatic carbocycles. The van der Waals surface area contributed by atoms with Crippen LogP contribution in [0.25, 0.3) is 0 Å². The van der Waals surface area contributed by atoms with Crippen LogP contribution in [-0.2, 0) is 9.47 Å². The predicted molar refractivity (Wildman–Crippen MR) is 22.6 cm³/mol. The lowest BCUT2D eigenvalue weighted by molar-refractivity contribution is 0.0790. The van der Waals surface area contributed by atoms with E-state index in [1.807, 2.05) is 0 Å². The highest BCUT2D eigenvalue weighted by Crippen LogP contribution is 2.03. The second kappa shape index (κ2) is 1.84. The SMILES string of the molecule is O/C=C1\COCO1. The Bertz CT molecular complexity index is 78.9. The van der Waals surface area contributed by atoms with Crippen molar-refractivity contribution in [2.24, 2.45) is 0 Å². The van der Waals surface area contributed by atoms with E-state index in [4.69, 9.17) is 14.6 Å². The molecule has 1 fully saturated rings. The van der Waals surface area contributed by atoms with Gasteiger partial charge in [0.2, 0.25) is 0 Å². The van der Waals surface area contributed by atoms with Gasteiger partial charge in [0.25, 0.3) is 0 Å². The molecule has 7 heavy (non-hydrogen) atoms. The van der Waals surface area contributed by atoms with Crippen LogP contribution >= 0.6 is 0 Å². The zero-order chi connectivity index (χ0) is 5.11. The first-order valence-electron chi connectivity index (χ1n) is 1.97. The minimum Gasteiger partial charge on any atom is -0.512 e. The Morgan fingerprint density at radius 1 is 1.71 bits per heavy atom. The summed E-state index contributed by atoms with van der Waals surface area (Å²) < 4.78 is 9.39.